The van der Waals surface area contributed by atoms with Crippen LogP contribution in [0.3, 0.4) is 0 Å². The van der Waals surface area contributed by atoms with Crippen LogP contribution in [0.4, 0.5) is 11.4 Å². The molecule has 1 aliphatic rings. The first-order chi connectivity index (χ1) is 15.6. The Hall–Kier alpha value is -4.03. The topological polar surface area (TPSA) is 61.4 Å². The summed E-state index contributed by atoms with van der Waals surface area (Å²) in [5.74, 6) is -0.268. The van der Waals surface area contributed by atoms with Crippen LogP contribution in [-0.2, 0) is 6.54 Å². The first-order valence-corrected chi connectivity index (χ1v) is 10.6. The van der Waals surface area contributed by atoms with Crippen molar-refractivity contribution in [3.05, 3.63) is 108 Å². The average Bonchev–Trinajstić information content (AvgIpc) is 3.15. The normalized spacial score (nSPS) is 12.5. The summed E-state index contributed by atoms with van der Waals surface area (Å²) in [6, 6.07) is 28.4. The largest absolute Gasteiger partial charge is 0.332 e. The zero-order chi connectivity index (χ0) is 22.1. The van der Waals surface area contributed by atoms with E-state index in [0.717, 1.165) is 33.3 Å². The van der Waals surface area contributed by atoms with Crippen LogP contribution in [0.25, 0.3) is 10.8 Å². The minimum Gasteiger partial charge on any atom is -0.332 e. The summed E-state index contributed by atoms with van der Waals surface area (Å²) in [4.78, 5) is 27.1. The molecule has 0 atom stereocenters. The molecular weight excluding hydrogens is 418 g/mol. The van der Waals surface area contributed by atoms with Gasteiger partial charge in [0.05, 0.1) is 6.54 Å². The van der Waals surface area contributed by atoms with E-state index in [9.17, 15) is 9.59 Å². The molecule has 1 heterocycles. The number of amides is 2. The van der Waals surface area contributed by atoms with Crippen LogP contribution in [0.1, 0.15) is 26.3 Å². The molecule has 156 valence electrons. The van der Waals surface area contributed by atoms with Gasteiger partial charge in [-0.1, -0.05) is 54.6 Å². The van der Waals surface area contributed by atoms with Gasteiger partial charge in [0.25, 0.3) is 11.8 Å². The number of rotatable bonds is 3. The van der Waals surface area contributed by atoms with Gasteiger partial charge in [0.1, 0.15) is 0 Å². The Kier molecular flexibility index (Phi) is 5.13. The van der Waals surface area contributed by atoms with E-state index in [2.05, 4.69) is 10.6 Å². The zero-order valence-electron chi connectivity index (χ0n) is 17.0. The SMILES string of the molecule is O=C(NC(=S)Nc1ccc(N2Cc3ccccc3C2=O)cc1)c1cccc2ccccc12. The Balaban J connectivity index is 1.25. The highest BCUT2D eigenvalue weighted by atomic mass is 32.1. The van der Waals surface area contributed by atoms with Gasteiger partial charge in [-0.25, -0.2) is 0 Å². The van der Waals surface area contributed by atoms with Gasteiger partial charge >= 0.3 is 0 Å². The van der Waals surface area contributed by atoms with Crippen molar-refractivity contribution in [2.24, 2.45) is 0 Å². The highest BCUT2D eigenvalue weighted by Crippen LogP contribution is 2.29. The monoisotopic (exact) mass is 437 g/mol. The number of carbonyl (C=O) groups is 2. The van der Waals surface area contributed by atoms with E-state index in [1.807, 2.05) is 84.9 Å². The maximum Gasteiger partial charge on any atom is 0.258 e. The minimum atomic E-state index is -0.267. The van der Waals surface area contributed by atoms with Crippen molar-refractivity contribution in [2.75, 3.05) is 10.2 Å². The van der Waals surface area contributed by atoms with Crippen molar-refractivity contribution in [3.63, 3.8) is 0 Å². The van der Waals surface area contributed by atoms with Crippen molar-refractivity contribution in [3.8, 4) is 0 Å². The van der Waals surface area contributed by atoms with Crippen molar-refractivity contribution in [2.45, 2.75) is 6.54 Å². The number of hydrogen-bond donors (Lipinski definition) is 2. The molecule has 32 heavy (non-hydrogen) atoms. The van der Waals surface area contributed by atoms with Crippen LogP contribution < -0.4 is 15.5 Å². The number of anilines is 2. The fraction of sp³-hybridized carbons (Fsp3) is 0.0385. The maximum absolute atomic E-state index is 12.7. The van der Waals surface area contributed by atoms with Crippen LogP contribution in [0.15, 0.2) is 91.0 Å². The minimum absolute atomic E-state index is 0.000758. The number of nitrogens with one attached hydrogen (secondary N) is 2. The van der Waals surface area contributed by atoms with Gasteiger partial charge in [-0.05, 0) is 65.0 Å². The second kappa shape index (κ2) is 8.24. The molecule has 4 aromatic carbocycles. The zero-order valence-corrected chi connectivity index (χ0v) is 17.9. The lowest BCUT2D eigenvalue weighted by atomic mass is 10.0. The molecule has 4 aromatic rings. The molecule has 0 unspecified atom stereocenters. The fourth-order valence-corrected chi connectivity index (χ4v) is 4.15. The first-order valence-electron chi connectivity index (χ1n) is 10.2. The molecule has 0 aliphatic carbocycles. The molecule has 0 saturated heterocycles. The molecule has 0 aromatic heterocycles. The number of nitrogens with zero attached hydrogens (tertiary/aromatic N) is 1. The predicted octanol–water partition coefficient (Wildman–Crippen LogP) is 5.13. The van der Waals surface area contributed by atoms with Gasteiger partial charge in [0.2, 0.25) is 0 Å². The molecular formula is C26H19N3O2S. The van der Waals surface area contributed by atoms with Crippen LogP contribution in [0.5, 0.6) is 0 Å². The van der Waals surface area contributed by atoms with Gasteiger partial charge in [-0.3, -0.25) is 14.9 Å². The van der Waals surface area contributed by atoms with Crippen LogP contribution in [-0.4, -0.2) is 16.9 Å². The number of hydrogen-bond acceptors (Lipinski definition) is 3. The van der Waals surface area contributed by atoms with Crippen LogP contribution in [0.2, 0.25) is 0 Å². The number of thiocarbonyl (C=S) groups is 1. The first kappa shape index (κ1) is 19.9. The maximum atomic E-state index is 12.7. The number of fused-ring (bicyclic) bond motifs is 2. The van der Waals surface area contributed by atoms with E-state index in [1.54, 1.807) is 11.0 Å². The summed E-state index contributed by atoms with van der Waals surface area (Å²) in [5, 5.41) is 7.85. The third kappa shape index (κ3) is 3.72. The molecule has 6 heteroatoms. The summed E-state index contributed by atoms with van der Waals surface area (Å²) in [6.07, 6.45) is 0. The second-order valence-corrected chi connectivity index (χ2v) is 7.94. The summed E-state index contributed by atoms with van der Waals surface area (Å²) in [7, 11) is 0. The van der Waals surface area contributed by atoms with Crippen LogP contribution in [0, 0.1) is 0 Å². The van der Waals surface area contributed by atoms with Crippen molar-refractivity contribution >= 4 is 51.3 Å². The molecule has 1 aliphatic heterocycles. The Morgan fingerprint density at radius 2 is 1.56 bits per heavy atom. The van der Waals surface area contributed by atoms with Gasteiger partial charge in [-0.2, -0.15) is 0 Å². The van der Waals surface area contributed by atoms with Gasteiger partial charge in [0.15, 0.2) is 5.11 Å². The quantitative estimate of drug-likeness (QED) is 0.437. The van der Waals surface area contributed by atoms with Crippen LogP contribution >= 0.6 is 12.2 Å². The standard InChI is InChI=1S/C26H19N3O2S/c30-24(23-11-5-8-17-6-1-3-9-21(17)23)28-26(32)27-19-12-14-20(15-13-19)29-16-18-7-2-4-10-22(18)25(29)31/h1-15H,16H2,(H2,27,28,30,32). The summed E-state index contributed by atoms with van der Waals surface area (Å²) < 4.78 is 0. The summed E-state index contributed by atoms with van der Waals surface area (Å²) >= 11 is 5.33. The number of benzene rings is 4. The Morgan fingerprint density at radius 1 is 0.844 bits per heavy atom. The second-order valence-electron chi connectivity index (χ2n) is 7.53. The predicted molar refractivity (Wildman–Crippen MR) is 131 cm³/mol. The molecule has 5 rings (SSSR count). The lowest BCUT2D eigenvalue weighted by molar-refractivity contribution is 0.0976. The average molecular weight is 438 g/mol. The highest BCUT2D eigenvalue weighted by molar-refractivity contribution is 7.80. The third-order valence-corrected chi connectivity index (χ3v) is 5.72. The molecule has 5 nitrogen and oxygen atoms in total. The van der Waals surface area contributed by atoms with Crippen molar-refractivity contribution < 1.29 is 9.59 Å². The van der Waals surface area contributed by atoms with E-state index in [0.29, 0.717) is 12.1 Å². The summed E-state index contributed by atoms with van der Waals surface area (Å²) in [5.41, 5.74) is 3.86. The van der Waals surface area contributed by atoms with Crippen molar-refractivity contribution in [1.29, 1.82) is 0 Å². The van der Waals surface area contributed by atoms with Crippen molar-refractivity contribution in [1.82, 2.24) is 5.32 Å². The lowest BCUT2D eigenvalue weighted by Crippen LogP contribution is -2.34. The Bertz CT molecular complexity index is 1360. The van der Waals surface area contributed by atoms with Gasteiger partial charge < -0.3 is 10.2 Å². The lowest BCUT2D eigenvalue weighted by Gasteiger charge is -2.17. The molecule has 2 N–H and O–H groups in total. The molecule has 0 spiro atoms. The Labute approximate surface area is 190 Å². The molecule has 0 radical (unpaired) electrons. The highest BCUT2D eigenvalue weighted by Gasteiger charge is 2.27. The van der Waals surface area contributed by atoms with E-state index in [1.165, 1.54) is 0 Å². The molecule has 2 amide bonds. The Morgan fingerprint density at radius 3 is 2.38 bits per heavy atom. The fourth-order valence-electron chi connectivity index (χ4n) is 3.94. The molecule has 0 saturated carbocycles. The van der Waals surface area contributed by atoms with Gasteiger partial charge in [-0.15, -0.1) is 0 Å². The molecule has 0 fully saturated rings. The van der Waals surface area contributed by atoms with Gasteiger partial charge in [0, 0.05) is 22.5 Å². The molecule has 0 bridgehead atoms. The van der Waals surface area contributed by atoms with E-state index < -0.39 is 0 Å². The number of carbonyl (C=O) groups excluding carboxylic acids is 2. The van der Waals surface area contributed by atoms with E-state index in [4.69, 9.17) is 12.2 Å². The van der Waals surface area contributed by atoms with E-state index in [-0.39, 0.29) is 16.9 Å². The third-order valence-electron chi connectivity index (χ3n) is 5.52. The smallest absolute Gasteiger partial charge is 0.258 e. The summed E-state index contributed by atoms with van der Waals surface area (Å²) in [6.45, 7) is 0.557. The van der Waals surface area contributed by atoms with E-state index >= 15 is 0 Å².